The van der Waals surface area contributed by atoms with Gasteiger partial charge in [0.05, 0.1) is 12.0 Å². The topological polar surface area (TPSA) is 81.8 Å². The van der Waals surface area contributed by atoms with Gasteiger partial charge in [0.15, 0.2) is 11.6 Å². The van der Waals surface area contributed by atoms with E-state index in [0.29, 0.717) is 10.6 Å². The highest BCUT2D eigenvalue weighted by Gasteiger charge is 2.42. The number of primary sulfonamides is 1. The van der Waals surface area contributed by atoms with E-state index < -0.39 is 20.6 Å². The van der Waals surface area contributed by atoms with Crippen LogP contribution in [0.3, 0.4) is 0 Å². The molecule has 5 nitrogen and oxygen atoms in total. The number of ether oxygens (including phenoxy) is 1. The third-order valence-electron chi connectivity index (χ3n) is 5.05. The van der Waals surface area contributed by atoms with Crippen LogP contribution in [0.15, 0.2) is 76.6 Å². The number of aliphatic imine (C=N–C) groups is 1. The van der Waals surface area contributed by atoms with Crippen molar-refractivity contribution in [3.05, 3.63) is 94.3 Å². The summed E-state index contributed by atoms with van der Waals surface area (Å²) in [6, 6.07) is 18.3. The van der Waals surface area contributed by atoms with Crippen LogP contribution in [0, 0.1) is 5.82 Å². The zero-order valence-corrected chi connectivity index (χ0v) is 18.7. The highest BCUT2D eigenvalue weighted by atomic mass is 35.5. The zero-order valence-electron chi connectivity index (χ0n) is 16.3. The largest absolute Gasteiger partial charge is 0.494 e. The molecular formula is C22H18ClFN2O3S2. The van der Waals surface area contributed by atoms with Crippen LogP contribution < -0.4 is 9.88 Å². The summed E-state index contributed by atoms with van der Waals surface area (Å²) in [6.45, 7) is 0. The molecule has 1 aliphatic heterocycles. The molecule has 2 atom stereocenters. The van der Waals surface area contributed by atoms with Gasteiger partial charge < -0.3 is 4.74 Å². The summed E-state index contributed by atoms with van der Waals surface area (Å²) in [6.07, 6.45) is 1.75. The van der Waals surface area contributed by atoms with Crippen LogP contribution in [0.1, 0.15) is 22.1 Å². The maximum Gasteiger partial charge on any atom is 0.238 e. The maximum absolute atomic E-state index is 14.6. The quantitative estimate of drug-likeness (QED) is 0.568. The molecule has 160 valence electrons. The number of benzene rings is 3. The SMILES string of the molecule is COc1ccc(C2(c3ccc(S(N)(=O)=O)cc3)C=NC(c3ccccc3Cl)S2)cc1F. The first-order chi connectivity index (χ1) is 14.7. The summed E-state index contributed by atoms with van der Waals surface area (Å²) in [4.78, 5) is 4.67. The van der Waals surface area contributed by atoms with Crippen LogP contribution in [0.4, 0.5) is 4.39 Å². The van der Waals surface area contributed by atoms with E-state index in [4.69, 9.17) is 21.5 Å². The lowest BCUT2D eigenvalue weighted by atomic mass is 9.91. The molecule has 4 rings (SSSR count). The van der Waals surface area contributed by atoms with Gasteiger partial charge in [0, 0.05) is 16.8 Å². The van der Waals surface area contributed by atoms with Crippen molar-refractivity contribution in [2.75, 3.05) is 7.11 Å². The zero-order chi connectivity index (χ0) is 22.2. The predicted octanol–water partition coefficient (Wildman–Crippen LogP) is 4.90. The Morgan fingerprint density at radius 3 is 2.39 bits per heavy atom. The summed E-state index contributed by atoms with van der Waals surface area (Å²) in [5.74, 6) is -0.373. The van der Waals surface area contributed by atoms with E-state index in [-0.39, 0.29) is 16.0 Å². The average molecular weight is 477 g/mol. The summed E-state index contributed by atoms with van der Waals surface area (Å²) < 4.78 is 42.1. The lowest BCUT2D eigenvalue weighted by Gasteiger charge is -2.28. The summed E-state index contributed by atoms with van der Waals surface area (Å²) in [7, 11) is -2.44. The van der Waals surface area contributed by atoms with Crippen molar-refractivity contribution in [2.24, 2.45) is 10.1 Å². The molecule has 2 unspecified atom stereocenters. The van der Waals surface area contributed by atoms with Gasteiger partial charge in [-0.15, -0.1) is 11.8 Å². The van der Waals surface area contributed by atoms with Gasteiger partial charge in [-0.25, -0.2) is 17.9 Å². The highest BCUT2D eigenvalue weighted by Crippen LogP contribution is 2.54. The first-order valence-electron chi connectivity index (χ1n) is 9.18. The molecule has 3 aromatic carbocycles. The Labute approximate surface area is 189 Å². The minimum Gasteiger partial charge on any atom is -0.494 e. The van der Waals surface area contributed by atoms with Crippen molar-refractivity contribution in [1.82, 2.24) is 0 Å². The van der Waals surface area contributed by atoms with Gasteiger partial charge in [-0.2, -0.15) is 0 Å². The average Bonchev–Trinajstić information content (AvgIpc) is 3.20. The second-order valence-electron chi connectivity index (χ2n) is 6.92. The first kappa shape index (κ1) is 21.8. The minimum atomic E-state index is -3.84. The number of halogens is 2. The molecule has 1 heterocycles. The van der Waals surface area contributed by atoms with Gasteiger partial charge in [-0.3, -0.25) is 4.99 Å². The molecule has 31 heavy (non-hydrogen) atoms. The maximum atomic E-state index is 14.6. The lowest BCUT2D eigenvalue weighted by molar-refractivity contribution is 0.386. The fourth-order valence-electron chi connectivity index (χ4n) is 3.47. The van der Waals surface area contributed by atoms with Crippen LogP contribution in [-0.4, -0.2) is 21.7 Å². The van der Waals surface area contributed by atoms with Gasteiger partial charge in [0.2, 0.25) is 10.0 Å². The van der Waals surface area contributed by atoms with Crippen molar-refractivity contribution in [3.8, 4) is 5.75 Å². The molecule has 9 heteroatoms. The van der Waals surface area contributed by atoms with Crippen LogP contribution in [0.5, 0.6) is 5.75 Å². The second-order valence-corrected chi connectivity index (χ2v) is 10.2. The molecule has 0 aliphatic carbocycles. The number of methoxy groups -OCH3 is 1. The van der Waals surface area contributed by atoms with E-state index in [0.717, 1.165) is 11.1 Å². The molecule has 0 fully saturated rings. The number of nitrogens with zero attached hydrogens (tertiary/aromatic N) is 1. The molecule has 3 aromatic rings. The normalized spacial score (nSPS) is 20.7. The third kappa shape index (κ3) is 4.08. The van der Waals surface area contributed by atoms with Gasteiger partial charge in [-0.05, 0) is 41.5 Å². The summed E-state index contributed by atoms with van der Waals surface area (Å²) in [5.41, 5.74) is 2.20. The van der Waals surface area contributed by atoms with Crippen LogP contribution in [0.2, 0.25) is 5.02 Å². The molecule has 2 N–H and O–H groups in total. The van der Waals surface area contributed by atoms with E-state index in [1.54, 1.807) is 36.5 Å². The summed E-state index contributed by atoms with van der Waals surface area (Å²) in [5, 5.41) is 5.49. The summed E-state index contributed by atoms with van der Waals surface area (Å²) >= 11 is 7.85. The predicted molar refractivity (Wildman–Crippen MR) is 122 cm³/mol. The second kappa shape index (κ2) is 8.27. The van der Waals surface area contributed by atoms with E-state index in [1.165, 1.54) is 37.1 Å². The standard InChI is InChI=1S/C22H18ClFN2O3S2/c1-29-20-11-8-15(12-19(20)24)22(14-6-9-16(10-7-14)31(25,27)28)13-26-21(30-22)17-4-2-3-5-18(17)23/h2-13,21H,1H3,(H2,25,27,28). The van der Waals surface area contributed by atoms with Crippen molar-refractivity contribution < 1.29 is 17.5 Å². The van der Waals surface area contributed by atoms with E-state index >= 15 is 0 Å². The first-order valence-corrected chi connectivity index (χ1v) is 12.0. The van der Waals surface area contributed by atoms with E-state index in [9.17, 15) is 12.8 Å². The third-order valence-corrected chi connectivity index (χ3v) is 7.87. The Morgan fingerprint density at radius 2 is 1.77 bits per heavy atom. The van der Waals surface area contributed by atoms with E-state index in [2.05, 4.69) is 4.99 Å². The highest BCUT2D eigenvalue weighted by molar-refractivity contribution is 8.01. The molecule has 0 bridgehead atoms. The molecule has 1 aliphatic rings. The number of nitrogens with two attached hydrogens (primary N) is 1. The van der Waals surface area contributed by atoms with E-state index in [1.807, 2.05) is 18.2 Å². The van der Waals surface area contributed by atoms with Crippen molar-refractivity contribution in [2.45, 2.75) is 15.0 Å². The van der Waals surface area contributed by atoms with Crippen LogP contribution in [0.25, 0.3) is 0 Å². The molecule has 0 amide bonds. The number of rotatable bonds is 5. The molecule has 0 spiro atoms. The Bertz CT molecular complexity index is 1270. The molecular weight excluding hydrogens is 459 g/mol. The molecule has 0 radical (unpaired) electrons. The smallest absolute Gasteiger partial charge is 0.238 e. The number of hydrogen-bond donors (Lipinski definition) is 1. The Hall–Kier alpha value is -2.39. The molecule has 0 saturated heterocycles. The molecule has 0 saturated carbocycles. The number of thioether (sulfide) groups is 1. The Morgan fingerprint density at radius 1 is 1.10 bits per heavy atom. The fourth-order valence-corrected chi connectivity index (χ4v) is 5.75. The van der Waals surface area contributed by atoms with Crippen LogP contribution >= 0.6 is 23.4 Å². The lowest BCUT2D eigenvalue weighted by Crippen LogP contribution is -2.24. The van der Waals surface area contributed by atoms with Crippen LogP contribution in [-0.2, 0) is 14.8 Å². The van der Waals surface area contributed by atoms with Gasteiger partial charge in [-0.1, -0.05) is 48.0 Å². The number of hydrogen-bond acceptors (Lipinski definition) is 5. The fraction of sp³-hybridized carbons (Fsp3) is 0.136. The van der Waals surface area contributed by atoms with Gasteiger partial charge in [0.1, 0.15) is 10.1 Å². The van der Waals surface area contributed by atoms with Gasteiger partial charge >= 0.3 is 0 Å². The Kier molecular flexibility index (Phi) is 5.83. The van der Waals surface area contributed by atoms with Crippen molar-refractivity contribution in [3.63, 3.8) is 0 Å². The van der Waals surface area contributed by atoms with Crippen molar-refractivity contribution >= 4 is 39.6 Å². The minimum absolute atomic E-state index is 0.00472. The molecule has 0 aromatic heterocycles. The monoisotopic (exact) mass is 476 g/mol. The van der Waals surface area contributed by atoms with Crippen molar-refractivity contribution in [1.29, 1.82) is 0 Å². The van der Waals surface area contributed by atoms with Gasteiger partial charge in [0.25, 0.3) is 0 Å². The number of sulfonamides is 1. The Balaban J connectivity index is 1.84.